The van der Waals surface area contributed by atoms with E-state index in [1.165, 1.54) is 18.4 Å². The molecule has 0 unspecified atom stereocenters. The topological polar surface area (TPSA) is 53.7 Å². The van der Waals surface area contributed by atoms with E-state index in [0.29, 0.717) is 13.2 Å². The smallest absolute Gasteiger partial charge is 0.161 e. The van der Waals surface area contributed by atoms with Crippen LogP contribution in [0.3, 0.4) is 0 Å². The second kappa shape index (κ2) is 3.87. The molecule has 1 aliphatic carbocycles. The summed E-state index contributed by atoms with van der Waals surface area (Å²) in [6.07, 6.45) is 2.42. The lowest BCUT2D eigenvalue weighted by Crippen LogP contribution is -2.56. The van der Waals surface area contributed by atoms with Gasteiger partial charge in [0.1, 0.15) is 13.2 Å². The van der Waals surface area contributed by atoms with E-state index in [1.54, 1.807) is 0 Å². The van der Waals surface area contributed by atoms with Gasteiger partial charge in [-0.15, -0.1) is 0 Å². The summed E-state index contributed by atoms with van der Waals surface area (Å²) in [5.74, 6) is 1.71. The predicted molar refractivity (Wildman–Crippen MR) is 70.7 cm³/mol. The maximum atomic E-state index is 6.03. The normalized spacial score (nSPS) is 25.5. The third kappa shape index (κ3) is 1.47. The van der Waals surface area contributed by atoms with Gasteiger partial charge in [-0.25, -0.2) is 0 Å². The number of rotatable bonds is 3. The summed E-state index contributed by atoms with van der Waals surface area (Å²) in [6, 6.07) is 6.31. The molecule has 4 nitrogen and oxygen atoms in total. The van der Waals surface area contributed by atoms with Crippen LogP contribution in [0.5, 0.6) is 11.5 Å². The summed E-state index contributed by atoms with van der Waals surface area (Å²) >= 11 is 0. The molecule has 2 aliphatic heterocycles. The van der Waals surface area contributed by atoms with E-state index in [2.05, 4.69) is 12.1 Å². The quantitative estimate of drug-likeness (QED) is 0.895. The van der Waals surface area contributed by atoms with Crippen molar-refractivity contribution in [3.63, 3.8) is 0 Å². The van der Waals surface area contributed by atoms with E-state index in [-0.39, 0.29) is 10.8 Å². The highest BCUT2D eigenvalue weighted by Gasteiger charge is 2.62. The van der Waals surface area contributed by atoms with Gasteiger partial charge in [0.25, 0.3) is 0 Å². The summed E-state index contributed by atoms with van der Waals surface area (Å²) in [5, 5.41) is 0. The third-order valence-electron chi connectivity index (χ3n) is 5.05. The number of ether oxygens (including phenoxy) is 3. The van der Waals surface area contributed by atoms with Gasteiger partial charge in [0.05, 0.1) is 13.2 Å². The van der Waals surface area contributed by atoms with E-state index in [4.69, 9.17) is 19.9 Å². The van der Waals surface area contributed by atoms with Crippen molar-refractivity contribution in [2.75, 3.05) is 33.0 Å². The molecule has 1 saturated carbocycles. The van der Waals surface area contributed by atoms with Crippen LogP contribution in [0.2, 0.25) is 0 Å². The minimum absolute atomic E-state index is 0.0948. The Morgan fingerprint density at radius 3 is 2.37 bits per heavy atom. The SMILES string of the molecule is NCC1(C2(c3ccc4c(c3)OCCO4)COC2)CC1. The van der Waals surface area contributed by atoms with Gasteiger partial charge in [-0.05, 0) is 42.5 Å². The average molecular weight is 261 g/mol. The van der Waals surface area contributed by atoms with Crippen LogP contribution in [0.4, 0.5) is 0 Å². The van der Waals surface area contributed by atoms with Gasteiger partial charge in [-0.2, -0.15) is 0 Å². The number of hydrogen-bond donors (Lipinski definition) is 1. The molecule has 0 aromatic heterocycles. The second-order valence-electron chi connectivity index (χ2n) is 5.92. The first-order chi connectivity index (χ1) is 9.30. The first-order valence-electron chi connectivity index (χ1n) is 6.98. The zero-order valence-corrected chi connectivity index (χ0v) is 11.0. The second-order valence-corrected chi connectivity index (χ2v) is 5.92. The molecule has 102 valence electrons. The fourth-order valence-corrected chi connectivity index (χ4v) is 3.46. The van der Waals surface area contributed by atoms with Crippen LogP contribution >= 0.6 is 0 Å². The standard InChI is InChI=1S/C15H19NO3/c16-8-14(3-4-14)15(9-17-10-15)11-1-2-12-13(7-11)19-6-5-18-12/h1-2,7H,3-6,8-10,16H2. The van der Waals surface area contributed by atoms with E-state index in [9.17, 15) is 0 Å². The van der Waals surface area contributed by atoms with Gasteiger partial charge >= 0.3 is 0 Å². The van der Waals surface area contributed by atoms with Crippen molar-refractivity contribution < 1.29 is 14.2 Å². The first-order valence-corrected chi connectivity index (χ1v) is 6.98. The van der Waals surface area contributed by atoms with Crippen LogP contribution in [0, 0.1) is 5.41 Å². The largest absolute Gasteiger partial charge is 0.486 e. The Labute approximate surface area is 112 Å². The van der Waals surface area contributed by atoms with Crippen molar-refractivity contribution >= 4 is 0 Å². The highest BCUT2D eigenvalue weighted by molar-refractivity contribution is 5.48. The van der Waals surface area contributed by atoms with Crippen LogP contribution in [-0.2, 0) is 10.2 Å². The lowest BCUT2D eigenvalue weighted by atomic mass is 9.66. The molecule has 0 bridgehead atoms. The first kappa shape index (κ1) is 11.6. The highest BCUT2D eigenvalue weighted by Crippen LogP contribution is 2.62. The van der Waals surface area contributed by atoms with E-state index in [0.717, 1.165) is 31.3 Å². The molecule has 1 aromatic carbocycles. The van der Waals surface area contributed by atoms with Crippen molar-refractivity contribution in [2.45, 2.75) is 18.3 Å². The Hall–Kier alpha value is -1.26. The Morgan fingerprint density at radius 1 is 1.05 bits per heavy atom. The van der Waals surface area contributed by atoms with E-state index in [1.807, 2.05) is 6.07 Å². The highest BCUT2D eigenvalue weighted by atomic mass is 16.6. The zero-order chi connectivity index (χ0) is 12.9. The number of benzene rings is 1. The molecule has 0 amide bonds. The maximum absolute atomic E-state index is 6.03. The van der Waals surface area contributed by atoms with Gasteiger partial charge in [0.15, 0.2) is 11.5 Å². The molecule has 3 aliphatic rings. The number of nitrogens with two attached hydrogens (primary N) is 1. The monoisotopic (exact) mass is 261 g/mol. The van der Waals surface area contributed by atoms with Gasteiger partial charge in [0, 0.05) is 5.41 Å². The molecule has 0 atom stereocenters. The number of hydrogen-bond acceptors (Lipinski definition) is 4. The van der Waals surface area contributed by atoms with Gasteiger partial charge < -0.3 is 19.9 Å². The molecule has 4 rings (SSSR count). The maximum Gasteiger partial charge on any atom is 0.161 e. The molecule has 19 heavy (non-hydrogen) atoms. The van der Waals surface area contributed by atoms with Crippen LogP contribution in [0.1, 0.15) is 18.4 Å². The Balaban J connectivity index is 1.75. The zero-order valence-electron chi connectivity index (χ0n) is 11.0. The summed E-state index contributed by atoms with van der Waals surface area (Å²) in [5.41, 5.74) is 7.67. The Bertz CT molecular complexity index is 506. The number of fused-ring (bicyclic) bond motifs is 1. The molecule has 2 heterocycles. The molecule has 0 spiro atoms. The molecule has 4 heteroatoms. The molecular weight excluding hydrogens is 242 g/mol. The third-order valence-corrected chi connectivity index (χ3v) is 5.05. The van der Waals surface area contributed by atoms with Crippen molar-refractivity contribution in [3.05, 3.63) is 23.8 Å². The van der Waals surface area contributed by atoms with Crippen molar-refractivity contribution in [3.8, 4) is 11.5 Å². The predicted octanol–water partition coefficient (Wildman–Crippen LogP) is 1.46. The molecule has 0 radical (unpaired) electrons. The average Bonchev–Trinajstić information content (AvgIpc) is 3.19. The molecular formula is C15H19NO3. The molecule has 2 N–H and O–H groups in total. The summed E-state index contributed by atoms with van der Waals surface area (Å²) < 4.78 is 16.8. The Morgan fingerprint density at radius 2 is 1.79 bits per heavy atom. The van der Waals surface area contributed by atoms with E-state index >= 15 is 0 Å². The molecule has 2 fully saturated rings. The lowest BCUT2D eigenvalue weighted by molar-refractivity contribution is -0.0974. The summed E-state index contributed by atoms with van der Waals surface area (Å²) in [4.78, 5) is 0. The Kier molecular flexibility index (Phi) is 2.35. The van der Waals surface area contributed by atoms with E-state index < -0.39 is 0 Å². The van der Waals surface area contributed by atoms with Crippen molar-refractivity contribution in [2.24, 2.45) is 11.1 Å². The van der Waals surface area contributed by atoms with Crippen molar-refractivity contribution in [1.82, 2.24) is 0 Å². The van der Waals surface area contributed by atoms with Crippen molar-refractivity contribution in [1.29, 1.82) is 0 Å². The van der Waals surface area contributed by atoms with Gasteiger partial charge in [0.2, 0.25) is 0 Å². The van der Waals surface area contributed by atoms with Crippen LogP contribution in [0.25, 0.3) is 0 Å². The summed E-state index contributed by atoms with van der Waals surface area (Å²) in [6.45, 7) is 3.56. The lowest BCUT2D eigenvalue weighted by Gasteiger charge is -2.48. The fraction of sp³-hybridized carbons (Fsp3) is 0.600. The minimum atomic E-state index is 0.0948. The van der Waals surface area contributed by atoms with Crippen LogP contribution < -0.4 is 15.2 Å². The van der Waals surface area contributed by atoms with Gasteiger partial charge in [-0.1, -0.05) is 6.07 Å². The fourth-order valence-electron chi connectivity index (χ4n) is 3.46. The molecule has 1 aromatic rings. The molecule has 1 saturated heterocycles. The summed E-state index contributed by atoms with van der Waals surface area (Å²) in [7, 11) is 0. The van der Waals surface area contributed by atoms with Gasteiger partial charge in [-0.3, -0.25) is 0 Å². The van der Waals surface area contributed by atoms with Crippen LogP contribution in [0.15, 0.2) is 18.2 Å². The van der Waals surface area contributed by atoms with Crippen LogP contribution in [-0.4, -0.2) is 33.0 Å². The minimum Gasteiger partial charge on any atom is -0.486 e.